The van der Waals surface area contributed by atoms with Crippen LogP contribution < -0.4 is 5.73 Å². The number of nitrogens with two attached hydrogens (primary N) is 1. The number of nitrogen functional groups attached to an aromatic ring is 1. The number of fused-ring (bicyclic) bond motifs is 1. The van der Waals surface area contributed by atoms with Crippen molar-refractivity contribution < 1.29 is 23.1 Å². The molecule has 1 aliphatic rings. The summed E-state index contributed by atoms with van der Waals surface area (Å²) in [7, 11) is 0. The molecule has 1 saturated carbocycles. The van der Waals surface area contributed by atoms with Gasteiger partial charge in [-0.2, -0.15) is 22.8 Å². The topological polar surface area (TPSA) is 93.5 Å². The largest absolute Gasteiger partial charge is 0.481 e. The van der Waals surface area contributed by atoms with E-state index < -0.39 is 17.7 Å². The average molecular weight is 497 g/mol. The number of anilines is 1. The van der Waals surface area contributed by atoms with Crippen LogP contribution in [0.4, 0.5) is 19.0 Å². The summed E-state index contributed by atoms with van der Waals surface area (Å²) in [6, 6.07) is 4.87. The molecule has 10 heteroatoms. The second kappa shape index (κ2) is 8.14. The van der Waals surface area contributed by atoms with Crippen LogP contribution in [0, 0.1) is 5.92 Å². The van der Waals surface area contributed by atoms with E-state index in [1.54, 1.807) is 6.20 Å². The van der Waals surface area contributed by atoms with E-state index in [2.05, 4.69) is 21.0 Å². The zero-order valence-corrected chi connectivity index (χ0v) is 17.9. The number of aromatic nitrogens is 3. The summed E-state index contributed by atoms with van der Waals surface area (Å²) < 4.78 is 40.8. The number of carbonyl (C=O) groups is 1. The molecule has 0 aliphatic heterocycles. The number of aliphatic carboxylic acids is 1. The molecule has 0 atom stereocenters. The van der Waals surface area contributed by atoms with E-state index in [1.807, 2.05) is 0 Å². The molecule has 1 fully saturated rings. The molecule has 0 amide bonds. The van der Waals surface area contributed by atoms with Crippen molar-refractivity contribution in [3.05, 3.63) is 46.2 Å². The fourth-order valence-electron chi connectivity index (χ4n) is 4.21. The smallest absolute Gasteiger partial charge is 0.416 e. The van der Waals surface area contributed by atoms with E-state index in [0.29, 0.717) is 27.1 Å². The fraction of sp³-hybridized carbons (Fsp3) is 0.381. The Hall–Kier alpha value is -2.62. The Balaban J connectivity index is 1.68. The molecule has 1 aliphatic carbocycles. The Kier molecular flexibility index (Phi) is 5.67. The van der Waals surface area contributed by atoms with Crippen LogP contribution >= 0.6 is 15.9 Å². The Bertz CT molecular complexity index is 1120. The van der Waals surface area contributed by atoms with Gasteiger partial charge in [0.05, 0.1) is 21.9 Å². The Morgan fingerprint density at radius 2 is 1.84 bits per heavy atom. The summed E-state index contributed by atoms with van der Waals surface area (Å²) >= 11 is 3.52. The van der Waals surface area contributed by atoms with Crippen molar-refractivity contribution in [1.29, 1.82) is 0 Å². The van der Waals surface area contributed by atoms with Crippen molar-refractivity contribution in [2.45, 2.75) is 44.2 Å². The Morgan fingerprint density at radius 1 is 1.19 bits per heavy atom. The van der Waals surface area contributed by atoms with E-state index in [1.165, 1.54) is 16.6 Å². The van der Waals surface area contributed by atoms with Crippen molar-refractivity contribution in [3.63, 3.8) is 0 Å². The first-order valence-corrected chi connectivity index (χ1v) is 10.7. The van der Waals surface area contributed by atoms with Crippen LogP contribution in [0.1, 0.15) is 49.3 Å². The predicted molar refractivity (Wildman–Crippen MR) is 112 cm³/mol. The first-order chi connectivity index (χ1) is 14.6. The Labute approximate surface area is 184 Å². The number of halogens is 4. The quantitative estimate of drug-likeness (QED) is 0.496. The van der Waals surface area contributed by atoms with Gasteiger partial charge in [0, 0.05) is 17.9 Å². The van der Waals surface area contributed by atoms with Crippen LogP contribution in [0.2, 0.25) is 0 Å². The molecule has 0 radical (unpaired) electrons. The monoisotopic (exact) mass is 496 g/mol. The van der Waals surface area contributed by atoms with Crippen molar-refractivity contribution >= 4 is 33.4 Å². The molecule has 0 spiro atoms. The first kappa shape index (κ1) is 21.6. The first-order valence-electron chi connectivity index (χ1n) is 9.87. The summed E-state index contributed by atoms with van der Waals surface area (Å²) in [6.07, 6.45) is 0.485. The summed E-state index contributed by atoms with van der Waals surface area (Å²) in [5.74, 6) is -0.145. The number of hydrogen-bond acceptors (Lipinski definition) is 4. The van der Waals surface area contributed by atoms with Crippen LogP contribution in [-0.2, 0) is 11.0 Å². The number of alkyl halides is 3. The standard InChI is InChI=1S/C21H20BrF3N4O2/c22-17-18(13-3-1-11(2-4-13)9-16(30)31)28-20-15(10-27-29(20)19(17)26)12-5-7-14(8-6-12)21(23,24)25/h5-8,10-11,13H,1-4,9,26H2,(H,30,31). The number of nitrogens with zero attached hydrogens (tertiary/aromatic N) is 3. The highest BCUT2D eigenvalue weighted by atomic mass is 79.9. The SMILES string of the molecule is Nc1c(Br)c(C2CCC(CC(=O)O)CC2)nc2c(-c3ccc(C(F)(F)F)cc3)cnn12. The molecule has 3 aromatic rings. The van der Waals surface area contributed by atoms with Gasteiger partial charge in [-0.1, -0.05) is 12.1 Å². The molecule has 6 nitrogen and oxygen atoms in total. The van der Waals surface area contributed by atoms with E-state index in [0.717, 1.165) is 43.5 Å². The lowest BCUT2D eigenvalue weighted by Gasteiger charge is -2.28. The third-order valence-corrected chi connectivity index (χ3v) is 6.68. The Morgan fingerprint density at radius 3 is 2.42 bits per heavy atom. The normalized spacial score (nSPS) is 19.6. The number of rotatable bonds is 4. The number of hydrogen-bond donors (Lipinski definition) is 2. The third kappa shape index (κ3) is 4.26. The molecule has 164 valence electrons. The molecule has 0 bridgehead atoms. The van der Waals surface area contributed by atoms with Crippen LogP contribution in [0.5, 0.6) is 0 Å². The van der Waals surface area contributed by atoms with Gasteiger partial charge < -0.3 is 10.8 Å². The lowest BCUT2D eigenvalue weighted by molar-refractivity contribution is -0.139. The number of carboxylic acids is 1. The fourth-order valence-corrected chi connectivity index (χ4v) is 4.79. The molecule has 4 rings (SSSR count). The van der Waals surface area contributed by atoms with Crippen molar-refractivity contribution in [3.8, 4) is 11.1 Å². The minimum atomic E-state index is -4.40. The van der Waals surface area contributed by atoms with Gasteiger partial charge in [-0.05, 0) is 65.2 Å². The van der Waals surface area contributed by atoms with Gasteiger partial charge in [0.2, 0.25) is 0 Å². The van der Waals surface area contributed by atoms with Crippen molar-refractivity contribution in [2.24, 2.45) is 5.92 Å². The van der Waals surface area contributed by atoms with Crippen LogP contribution in [0.3, 0.4) is 0 Å². The molecule has 0 unspecified atom stereocenters. The summed E-state index contributed by atoms with van der Waals surface area (Å²) in [6.45, 7) is 0. The molecule has 1 aromatic carbocycles. The molecular formula is C21H20BrF3N4O2. The minimum absolute atomic E-state index is 0.113. The zero-order valence-electron chi connectivity index (χ0n) is 16.4. The van der Waals surface area contributed by atoms with E-state index in [4.69, 9.17) is 15.8 Å². The summed E-state index contributed by atoms with van der Waals surface area (Å²) in [5.41, 5.74) is 7.96. The van der Waals surface area contributed by atoms with Gasteiger partial charge in [-0.3, -0.25) is 4.79 Å². The minimum Gasteiger partial charge on any atom is -0.481 e. The third-order valence-electron chi connectivity index (χ3n) is 5.87. The highest BCUT2D eigenvalue weighted by Gasteiger charge is 2.31. The molecule has 31 heavy (non-hydrogen) atoms. The van der Waals surface area contributed by atoms with Crippen LogP contribution in [0.15, 0.2) is 34.9 Å². The molecule has 2 heterocycles. The number of carboxylic acid groups (broad SMARTS) is 1. The number of benzene rings is 1. The highest BCUT2D eigenvalue weighted by Crippen LogP contribution is 2.41. The van der Waals surface area contributed by atoms with Gasteiger partial charge >= 0.3 is 12.1 Å². The second-order valence-electron chi connectivity index (χ2n) is 7.88. The molecule has 0 saturated heterocycles. The zero-order chi connectivity index (χ0) is 22.3. The van der Waals surface area contributed by atoms with E-state index in [-0.39, 0.29) is 18.3 Å². The van der Waals surface area contributed by atoms with Gasteiger partial charge in [-0.15, -0.1) is 0 Å². The van der Waals surface area contributed by atoms with Crippen molar-refractivity contribution in [1.82, 2.24) is 14.6 Å². The van der Waals surface area contributed by atoms with Crippen LogP contribution in [-0.4, -0.2) is 25.7 Å². The van der Waals surface area contributed by atoms with Gasteiger partial charge in [0.15, 0.2) is 5.65 Å². The lowest BCUT2D eigenvalue weighted by atomic mass is 9.79. The van der Waals surface area contributed by atoms with Gasteiger partial charge in [-0.25, -0.2) is 4.98 Å². The molecular weight excluding hydrogens is 477 g/mol. The van der Waals surface area contributed by atoms with Crippen molar-refractivity contribution in [2.75, 3.05) is 5.73 Å². The lowest BCUT2D eigenvalue weighted by Crippen LogP contribution is -2.18. The van der Waals surface area contributed by atoms with Gasteiger partial charge in [0.25, 0.3) is 0 Å². The predicted octanol–water partition coefficient (Wildman–Crippen LogP) is 5.51. The second-order valence-corrected chi connectivity index (χ2v) is 8.67. The maximum absolute atomic E-state index is 12.9. The maximum atomic E-state index is 12.9. The molecule has 3 N–H and O–H groups in total. The summed E-state index contributed by atoms with van der Waals surface area (Å²) in [4.78, 5) is 15.8. The van der Waals surface area contributed by atoms with Crippen LogP contribution in [0.25, 0.3) is 16.8 Å². The average Bonchev–Trinajstić information content (AvgIpc) is 3.14. The van der Waals surface area contributed by atoms with E-state index in [9.17, 15) is 18.0 Å². The summed E-state index contributed by atoms with van der Waals surface area (Å²) in [5, 5.41) is 13.3. The van der Waals surface area contributed by atoms with Gasteiger partial charge in [0.1, 0.15) is 5.82 Å². The maximum Gasteiger partial charge on any atom is 0.416 e. The molecule has 2 aromatic heterocycles. The highest BCUT2D eigenvalue weighted by molar-refractivity contribution is 9.10. The van der Waals surface area contributed by atoms with E-state index >= 15 is 0 Å².